The van der Waals surface area contributed by atoms with Gasteiger partial charge in [-0.05, 0) is 47.4 Å². The van der Waals surface area contributed by atoms with Gasteiger partial charge in [-0.25, -0.2) is 4.98 Å². The van der Waals surface area contributed by atoms with Crippen LogP contribution in [0.2, 0.25) is 0 Å². The van der Waals surface area contributed by atoms with Crippen LogP contribution in [0.3, 0.4) is 0 Å². The van der Waals surface area contributed by atoms with E-state index in [1.54, 1.807) is 12.4 Å². The quantitative estimate of drug-likeness (QED) is 0.449. The van der Waals surface area contributed by atoms with E-state index < -0.39 is 0 Å². The molecular formula is C25H24N4O. The summed E-state index contributed by atoms with van der Waals surface area (Å²) in [5.74, 6) is 0.525. The lowest BCUT2D eigenvalue weighted by Gasteiger charge is -2.19. The van der Waals surface area contributed by atoms with Gasteiger partial charge in [-0.1, -0.05) is 51.1 Å². The molecule has 2 aromatic heterocycles. The van der Waals surface area contributed by atoms with E-state index >= 15 is 0 Å². The van der Waals surface area contributed by atoms with Crippen molar-refractivity contribution in [2.75, 3.05) is 10.6 Å². The molecule has 0 saturated heterocycles. The van der Waals surface area contributed by atoms with Gasteiger partial charge >= 0.3 is 0 Å². The Morgan fingerprint density at radius 1 is 0.867 bits per heavy atom. The molecule has 5 nitrogen and oxygen atoms in total. The molecule has 0 aliphatic carbocycles. The van der Waals surface area contributed by atoms with Crippen LogP contribution in [0.1, 0.15) is 36.7 Å². The summed E-state index contributed by atoms with van der Waals surface area (Å²) in [6, 6.07) is 21.3. The van der Waals surface area contributed by atoms with E-state index in [1.165, 1.54) is 5.56 Å². The molecule has 1 amide bonds. The van der Waals surface area contributed by atoms with Crippen LogP contribution >= 0.6 is 0 Å². The Bertz CT molecular complexity index is 1170. The van der Waals surface area contributed by atoms with Crippen LogP contribution < -0.4 is 10.6 Å². The number of nitrogens with zero attached hydrogens (tertiary/aromatic N) is 2. The number of amides is 1. The summed E-state index contributed by atoms with van der Waals surface area (Å²) in [7, 11) is 0. The van der Waals surface area contributed by atoms with Crippen molar-refractivity contribution in [3.8, 4) is 0 Å². The molecule has 0 saturated carbocycles. The maximum absolute atomic E-state index is 12.5. The van der Waals surface area contributed by atoms with Crippen molar-refractivity contribution in [1.82, 2.24) is 9.97 Å². The van der Waals surface area contributed by atoms with E-state index in [0.717, 1.165) is 16.6 Å². The molecule has 0 aliphatic rings. The third-order valence-electron chi connectivity index (χ3n) is 4.93. The van der Waals surface area contributed by atoms with Crippen molar-refractivity contribution in [1.29, 1.82) is 0 Å². The normalized spacial score (nSPS) is 11.3. The molecule has 0 spiro atoms. The second-order valence-corrected chi connectivity index (χ2v) is 8.22. The Labute approximate surface area is 176 Å². The van der Waals surface area contributed by atoms with E-state index in [9.17, 15) is 4.79 Å². The minimum absolute atomic E-state index is 0.0569. The molecule has 0 aliphatic heterocycles. The first kappa shape index (κ1) is 19.6. The van der Waals surface area contributed by atoms with Gasteiger partial charge in [0.15, 0.2) is 0 Å². The van der Waals surface area contributed by atoms with Crippen LogP contribution in [-0.4, -0.2) is 15.9 Å². The van der Waals surface area contributed by atoms with Crippen LogP contribution in [-0.2, 0) is 5.41 Å². The first-order valence-electron chi connectivity index (χ1n) is 9.89. The third-order valence-corrected chi connectivity index (χ3v) is 4.93. The maximum Gasteiger partial charge on any atom is 0.255 e. The van der Waals surface area contributed by atoms with E-state index in [-0.39, 0.29) is 11.3 Å². The highest BCUT2D eigenvalue weighted by molar-refractivity contribution is 6.04. The molecule has 0 radical (unpaired) electrons. The van der Waals surface area contributed by atoms with Gasteiger partial charge in [0.1, 0.15) is 5.82 Å². The van der Waals surface area contributed by atoms with Gasteiger partial charge in [-0.15, -0.1) is 0 Å². The van der Waals surface area contributed by atoms with E-state index in [2.05, 4.69) is 41.4 Å². The molecule has 0 atom stereocenters. The van der Waals surface area contributed by atoms with E-state index in [1.807, 2.05) is 66.7 Å². The molecule has 4 aromatic rings. The summed E-state index contributed by atoms with van der Waals surface area (Å²) in [6.07, 6.45) is 3.41. The fourth-order valence-corrected chi connectivity index (χ4v) is 3.21. The summed E-state index contributed by atoms with van der Waals surface area (Å²) in [5, 5.41) is 7.25. The maximum atomic E-state index is 12.5. The van der Waals surface area contributed by atoms with Crippen molar-refractivity contribution in [2.45, 2.75) is 26.2 Å². The topological polar surface area (TPSA) is 66.9 Å². The number of aromatic nitrogens is 2. The van der Waals surface area contributed by atoms with Crippen LogP contribution in [0.5, 0.6) is 0 Å². The summed E-state index contributed by atoms with van der Waals surface area (Å²) in [6.45, 7) is 6.45. The highest BCUT2D eigenvalue weighted by atomic mass is 16.1. The van der Waals surface area contributed by atoms with E-state index in [4.69, 9.17) is 0 Å². The van der Waals surface area contributed by atoms with Crippen molar-refractivity contribution in [2.24, 2.45) is 0 Å². The summed E-state index contributed by atoms with van der Waals surface area (Å²) >= 11 is 0. The van der Waals surface area contributed by atoms with Crippen molar-refractivity contribution < 1.29 is 4.79 Å². The number of anilines is 3. The molecule has 4 rings (SSSR count). The minimum Gasteiger partial charge on any atom is -0.338 e. The van der Waals surface area contributed by atoms with Crippen LogP contribution in [0.15, 0.2) is 79.1 Å². The number of fused-ring (bicyclic) bond motifs is 1. The number of carbonyl (C=O) groups is 1. The standard InChI is InChI=1S/C25H24N4O/c1-25(2,3)19-11-9-18(10-12-19)24(30)28-20-13-14-22(27-16-20)29-21-8-4-6-17-7-5-15-26-23(17)21/h4-16H,1-3H3,(H,27,29)(H,28,30). The largest absolute Gasteiger partial charge is 0.338 e. The number of carbonyl (C=O) groups excluding carboxylic acids is 1. The Morgan fingerprint density at radius 3 is 2.33 bits per heavy atom. The zero-order chi connectivity index (χ0) is 21.1. The highest BCUT2D eigenvalue weighted by Gasteiger charge is 2.14. The second kappa shape index (κ2) is 7.95. The first-order chi connectivity index (χ1) is 14.4. The average molecular weight is 396 g/mol. The number of hydrogen-bond acceptors (Lipinski definition) is 4. The molecular weight excluding hydrogens is 372 g/mol. The fourth-order valence-electron chi connectivity index (χ4n) is 3.21. The van der Waals surface area contributed by atoms with Crippen LogP contribution in [0.25, 0.3) is 10.9 Å². The van der Waals surface area contributed by atoms with Crippen LogP contribution in [0.4, 0.5) is 17.2 Å². The fraction of sp³-hybridized carbons (Fsp3) is 0.160. The Morgan fingerprint density at radius 2 is 1.63 bits per heavy atom. The number of nitrogens with one attached hydrogen (secondary N) is 2. The summed E-state index contributed by atoms with van der Waals surface area (Å²) < 4.78 is 0. The van der Waals surface area contributed by atoms with Crippen molar-refractivity contribution in [3.05, 3.63) is 90.3 Å². The average Bonchev–Trinajstić information content (AvgIpc) is 2.75. The monoisotopic (exact) mass is 396 g/mol. The molecule has 0 bridgehead atoms. The van der Waals surface area contributed by atoms with Gasteiger partial charge in [0.25, 0.3) is 5.91 Å². The van der Waals surface area contributed by atoms with Gasteiger partial charge in [0, 0.05) is 17.1 Å². The lowest BCUT2D eigenvalue weighted by molar-refractivity contribution is 0.102. The van der Waals surface area contributed by atoms with E-state index in [0.29, 0.717) is 17.1 Å². The predicted molar refractivity (Wildman–Crippen MR) is 122 cm³/mol. The van der Waals surface area contributed by atoms with Gasteiger partial charge in [-0.3, -0.25) is 9.78 Å². The highest BCUT2D eigenvalue weighted by Crippen LogP contribution is 2.25. The van der Waals surface area contributed by atoms with Gasteiger partial charge in [-0.2, -0.15) is 0 Å². The molecule has 2 heterocycles. The zero-order valence-corrected chi connectivity index (χ0v) is 17.3. The second-order valence-electron chi connectivity index (χ2n) is 8.22. The number of pyridine rings is 2. The van der Waals surface area contributed by atoms with Gasteiger partial charge in [0.05, 0.1) is 23.1 Å². The predicted octanol–water partition coefficient (Wildman–Crippen LogP) is 5.92. The Balaban J connectivity index is 1.45. The Hall–Kier alpha value is -3.73. The SMILES string of the molecule is CC(C)(C)c1ccc(C(=O)Nc2ccc(Nc3cccc4cccnc34)nc2)cc1. The summed E-state index contributed by atoms with van der Waals surface area (Å²) in [4.78, 5) is 21.4. The first-order valence-corrected chi connectivity index (χ1v) is 9.89. The lowest BCUT2D eigenvalue weighted by Crippen LogP contribution is -2.14. The molecule has 150 valence electrons. The number of rotatable bonds is 4. The molecule has 30 heavy (non-hydrogen) atoms. The number of para-hydroxylation sites is 1. The van der Waals surface area contributed by atoms with Crippen molar-refractivity contribution in [3.63, 3.8) is 0 Å². The minimum atomic E-state index is -0.156. The Kier molecular flexibility index (Phi) is 5.19. The molecule has 0 unspecified atom stereocenters. The summed E-state index contributed by atoms with van der Waals surface area (Å²) in [5.41, 5.74) is 4.28. The smallest absolute Gasteiger partial charge is 0.255 e. The number of hydrogen-bond donors (Lipinski definition) is 2. The van der Waals surface area contributed by atoms with Gasteiger partial charge in [0.2, 0.25) is 0 Å². The van der Waals surface area contributed by atoms with Crippen molar-refractivity contribution >= 4 is 34.0 Å². The lowest BCUT2D eigenvalue weighted by atomic mass is 9.87. The molecule has 2 aromatic carbocycles. The number of benzene rings is 2. The third kappa shape index (κ3) is 4.30. The molecule has 0 fully saturated rings. The van der Waals surface area contributed by atoms with Gasteiger partial charge < -0.3 is 10.6 Å². The zero-order valence-electron chi connectivity index (χ0n) is 17.3. The molecule has 5 heteroatoms. The molecule has 2 N–H and O–H groups in total. The van der Waals surface area contributed by atoms with Crippen LogP contribution in [0, 0.1) is 0 Å².